The number of aromatic nitrogens is 1. The zero-order chi connectivity index (χ0) is 14.1. The molecule has 2 heteroatoms. The Kier molecular flexibility index (Phi) is 3.06. The molecule has 0 unspecified atom stereocenters. The van der Waals surface area contributed by atoms with Crippen molar-refractivity contribution in [2.75, 3.05) is 0 Å². The first-order chi connectivity index (χ1) is 10.4. The summed E-state index contributed by atoms with van der Waals surface area (Å²) >= 11 is 0. The zero-order valence-electron chi connectivity index (χ0n) is 11.5. The molecule has 0 radical (unpaired) electrons. The lowest BCUT2D eigenvalue weighted by Crippen LogP contribution is -1.92. The highest BCUT2D eigenvalue weighted by Crippen LogP contribution is 2.33. The third kappa shape index (κ3) is 2.16. The molecule has 0 aliphatic carbocycles. The summed E-state index contributed by atoms with van der Waals surface area (Å²) in [6.45, 7) is 0. The summed E-state index contributed by atoms with van der Waals surface area (Å²) < 4.78 is 2.36. The molecule has 0 spiro atoms. The number of nitrogens with zero attached hydrogens (tertiary/aromatic N) is 1. The van der Waals surface area contributed by atoms with Gasteiger partial charge >= 0.3 is 0 Å². The Hall–Kier alpha value is -2.37. The van der Waals surface area contributed by atoms with Crippen LogP contribution in [0.1, 0.15) is 0 Å². The molecular formula is C19H14NP. The molecule has 4 aromatic rings. The Morgan fingerprint density at radius 3 is 2.29 bits per heavy atom. The van der Waals surface area contributed by atoms with Gasteiger partial charge in [0.05, 0.1) is 11.2 Å². The molecule has 3 aromatic carbocycles. The molecule has 0 amide bonds. The summed E-state index contributed by atoms with van der Waals surface area (Å²) in [5, 5.41) is 1.31. The van der Waals surface area contributed by atoms with Gasteiger partial charge in [-0.3, -0.25) is 4.33 Å². The molecule has 0 aliphatic rings. The fourth-order valence-corrected chi connectivity index (χ4v) is 3.75. The van der Waals surface area contributed by atoms with Crippen molar-refractivity contribution in [3.05, 3.63) is 84.7 Å². The predicted molar refractivity (Wildman–Crippen MR) is 91.2 cm³/mol. The molecule has 0 N–H and O–H groups in total. The summed E-state index contributed by atoms with van der Waals surface area (Å²) in [4.78, 5) is 0. The molecule has 1 heterocycles. The topological polar surface area (TPSA) is 4.93 Å². The van der Waals surface area contributed by atoms with Crippen molar-refractivity contribution >= 4 is 19.3 Å². The standard InChI is InChI=1S/C19H14NP/c1-2-8-15(9-3-1)17-11-5-7-13-19(17)20-18-12-6-4-10-16(18)14-21-20/h1-14H. The molecule has 0 aliphatic heterocycles. The molecular weight excluding hydrogens is 273 g/mol. The molecule has 21 heavy (non-hydrogen) atoms. The second kappa shape index (κ2) is 5.20. The first-order valence-electron chi connectivity index (χ1n) is 7.01. The highest BCUT2D eigenvalue weighted by Gasteiger charge is 2.08. The number of rotatable bonds is 2. The minimum atomic E-state index is 1.20. The van der Waals surface area contributed by atoms with Gasteiger partial charge in [0.2, 0.25) is 0 Å². The van der Waals surface area contributed by atoms with Gasteiger partial charge in [0.15, 0.2) is 0 Å². The van der Waals surface area contributed by atoms with E-state index in [1.165, 1.54) is 36.1 Å². The molecule has 4 rings (SSSR count). The monoisotopic (exact) mass is 287 g/mol. The van der Waals surface area contributed by atoms with Crippen molar-refractivity contribution in [3.8, 4) is 16.8 Å². The summed E-state index contributed by atoms with van der Waals surface area (Å²) in [5.41, 5.74) is 5.07. The first-order valence-corrected chi connectivity index (χ1v) is 7.93. The maximum Gasteiger partial charge on any atom is 0.0575 e. The third-order valence-electron chi connectivity index (χ3n) is 3.69. The highest BCUT2D eigenvalue weighted by atomic mass is 31.0. The minimum absolute atomic E-state index is 1.20. The van der Waals surface area contributed by atoms with E-state index in [9.17, 15) is 0 Å². The van der Waals surface area contributed by atoms with E-state index in [-0.39, 0.29) is 0 Å². The summed E-state index contributed by atoms with van der Waals surface area (Å²) in [6, 6.07) is 27.7. The van der Waals surface area contributed by atoms with Gasteiger partial charge in [0, 0.05) is 19.3 Å². The van der Waals surface area contributed by atoms with Crippen LogP contribution in [0.15, 0.2) is 84.7 Å². The van der Waals surface area contributed by atoms with Gasteiger partial charge < -0.3 is 0 Å². The molecule has 1 nitrogen and oxygen atoms in total. The zero-order valence-corrected chi connectivity index (χ0v) is 12.4. The third-order valence-corrected chi connectivity index (χ3v) is 4.75. The van der Waals surface area contributed by atoms with Crippen molar-refractivity contribution in [3.63, 3.8) is 0 Å². The van der Waals surface area contributed by atoms with Crippen LogP contribution in [0.2, 0.25) is 0 Å². The van der Waals surface area contributed by atoms with Crippen molar-refractivity contribution in [1.82, 2.24) is 4.33 Å². The number of benzene rings is 3. The average Bonchev–Trinajstić information content (AvgIpc) is 3.00. The molecule has 0 atom stereocenters. The van der Waals surface area contributed by atoms with Gasteiger partial charge in [-0.05, 0) is 23.5 Å². The van der Waals surface area contributed by atoms with E-state index in [1.807, 2.05) is 0 Å². The van der Waals surface area contributed by atoms with Crippen LogP contribution in [0.3, 0.4) is 0 Å². The SMILES string of the molecule is c1ccc(-c2ccccc2-n2pcc3ccccc32)cc1. The van der Waals surface area contributed by atoms with Crippen LogP contribution < -0.4 is 0 Å². The van der Waals surface area contributed by atoms with E-state index in [4.69, 9.17) is 0 Å². The Balaban J connectivity index is 1.98. The molecule has 0 bridgehead atoms. The average molecular weight is 287 g/mol. The first kappa shape index (κ1) is 12.4. The van der Waals surface area contributed by atoms with Gasteiger partial charge in [-0.1, -0.05) is 66.7 Å². The number of fused-ring (bicyclic) bond motifs is 1. The van der Waals surface area contributed by atoms with Crippen molar-refractivity contribution in [2.45, 2.75) is 0 Å². The van der Waals surface area contributed by atoms with Crippen LogP contribution in [-0.2, 0) is 0 Å². The van der Waals surface area contributed by atoms with E-state index in [0.29, 0.717) is 0 Å². The normalized spacial score (nSPS) is 11.2. The van der Waals surface area contributed by atoms with E-state index >= 15 is 0 Å². The van der Waals surface area contributed by atoms with Crippen LogP contribution in [0, 0.1) is 0 Å². The summed E-state index contributed by atoms with van der Waals surface area (Å²) in [6.07, 6.45) is 0. The van der Waals surface area contributed by atoms with E-state index < -0.39 is 0 Å². The second-order valence-electron chi connectivity index (χ2n) is 5.00. The van der Waals surface area contributed by atoms with Gasteiger partial charge in [-0.2, -0.15) is 0 Å². The summed E-state index contributed by atoms with van der Waals surface area (Å²) in [5.74, 6) is 2.26. The number of hydrogen-bond donors (Lipinski definition) is 0. The van der Waals surface area contributed by atoms with Gasteiger partial charge in [0.25, 0.3) is 0 Å². The van der Waals surface area contributed by atoms with Crippen LogP contribution in [0.4, 0.5) is 0 Å². The Morgan fingerprint density at radius 1 is 0.667 bits per heavy atom. The fourth-order valence-electron chi connectivity index (χ4n) is 2.68. The molecule has 0 saturated carbocycles. The van der Waals surface area contributed by atoms with Crippen LogP contribution in [-0.4, -0.2) is 4.33 Å². The van der Waals surface area contributed by atoms with Crippen LogP contribution in [0.25, 0.3) is 27.7 Å². The Bertz CT molecular complexity index is 894. The van der Waals surface area contributed by atoms with Crippen molar-refractivity contribution in [1.29, 1.82) is 0 Å². The predicted octanol–water partition coefficient (Wildman–Crippen LogP) is 5.88. The Labute approximate surface area is 125 Å². The fraction of sp³-hybridized carbons (Fsp3) is 0. The van der Waals surface area contributed by atoms with Gasteiger partial charge in [-0.15, -0.1) is 0 Å². The molecule has 0 saturated heterocycles. The molecule has 100 valence electrons. The smallest absolute Gasteiger partial charge is 0.0575 e. The van der Waals surface area contributed by atoms with Crippen LogP contribution in [0.5, 0.6) is 0 Å². The number of para-hydroxylation sites is 2. The van der Waals surface area contributed by atoms with Gasteiger partial charge in [0.1, 0.15) is 0 Å². The lowest BCUT2D eigenvalue weighted by atomic mass is 10.0. The maximum atomic E-state index is 2.36. The summed E-state index contributed by atoms with van der Waals surface area (Å²) in [7, 11) is 1.20. The van der Waals surface area contributed by atoms with Crippen molar-refractivity contribution in [2.24, 2.45) is 0 Å². The number of hydrogen-bond acceptors (Lipinski definition) is 0. The largest absolute Gasteiger partial charge is 0.291 e. The van der Waals surface area contributed by atoms with E-state index in [2.05, 4.69) is 89.0 Å². The van der Waals surface area contributed by atoms with Gasteiger partial charge in [-0.25, -0.2) is 0 Å². The van der Waals surface area contributed by atoms with E-state index in [0.717, 1.165) is 0 Å². The second-order valence-corrected chi connectivity index (χ2v) is 5.89. The van der Waals surface area contributed by atoms with E-state index in [1.54, 1.807) is 0 Å². The van der Waals surface area contributed by atoms with Crippen molar-refractivity contribution < 1.29 is 0 Å². The molecule has 1 aromatic heterocycles. The Morgan fingerprint density at radius 2 is 1.38 bits per heavy atom. The molecule has 0 fully saturated rings. The highest BCUT2D eigenvalue weighted by molar-refractivity contribution is 7.26. The quantitative estimate of drug-likeness (QED) is 0.434. The maximum absolute atomic E-state index is 2.36. The minimum Gasteiger partial charge on any atom is -0.291 e. The lowest BCUT2D eigenvalue weighted by molar-refractivity contribution is 1.26. The lowest BCUT2D eigenvalue weighted by Gasteiger charge is -2.11. The van der Waals surface area contributed by atoms with Crippen LogP contribution >= 0.6 is 8.35 Å².